The van der Waals surface area contributed by atoms with Crippen molar-refractivity contribution in [3.05, 3.63) is 51.5 Å². The Morgan fingerprint density at radius 1 is 1.19 bits per heavy atom. The van der Waals surface area contributed by atoms with Gasteiger partial charge < -0.3 is 5.32 Å². The van der Waals surface area contributed by atoms with Gasteiger partial charge in [-0.25, -0.2) is 4.98 Å². The van der Waals surface area contributed by atoms with Gasteiger partial charge in [0.2, 0.25) is 0 Å². The number of nitrogens with one attached hydrogen (secondary N) is 1. The van der Waals surface area contributed by atoms with Crippen molar-refractivity contribution in [1.82, 2.24) is 10.3 Å². The van der Waals surface area contributed by atoms with E-state index in [2.05, 4.69) is 62.7 Å². The van der Waals surface area contributed by atoms with Crippen LogP contribution in [-0.2, 0) is 5.41 Å². The maximum atomic E-state index is 4.92. The van der Waals surface area contributed by atoms with Crippen molar-refractivity contribution in [1.29, 1.82) is 0 Å². The summed E-state index contributed by atoms with van der Waals surface area (Å²) in [5.41, 5.74) is 3.93. The monoisotopic (exact) mass is 300 g/mol. The molecule has 1 aromatic heterocycles. The lowest BCUT2D eigenvalue weighted by Crippen LogP contribution is -2.24. The lowest BCUT2D eigenvalue weighted by Gasteiger charge is -2.18. The maximum Gasteiger partial charge on any atom is 0.114 e. The Labute approximate surface area is 131 Å². The standard InChI is InChI=1S/C18H24N2S/c1-12-5-7-13(8-6-12)16(19-14-9-10-14)17-20-15(11-21-17)18(2,3)4/h5-8,11,14,16,19H,9-10H2,1-4H3. The molecule has 1 unspecified atom stereocenters. The first-order valence-corrected chi connectivity index (χ1v) is 8.60. The predicted molar refractivity (Wildman–Crippen MR) is 90.0 cm³/mol. The zero-order valence-corrected chi connectivity index (χ0v) is 14.1. The van der Waals surface area contributed by atoms with Crippen LogP contribution in [0.1, 0.15) is 61.5 Å². The van der Waals surface area contributed by atoms with E-state index in [0.717, 1.165) is 0 Å². The molecule has 1 fully saturated rings. The zero-order valence-electron chi connectivity index (χ0n) is 13.3. The molecule has 1 aliphatic rings. The molecule has 1 atom stereocenters. The number of aryl methyl sites for hydroxylation is 1. The second kappa shape index (κ2) is 5.54. The van der Waals surface area contributed by atoms with Crippen molar-refractivity contribution in [3.63, 3.8) is 0 Å². The quantitative estimate of drug-likeness (QED) is 0.893. The summed E-state index contributed by atoms with van der Waals surface area (Å²) in [5, 5.41) is 7.16. The first-order valence-electron chi connectivity index (χ1n) is 7.72. The van der Waals surface area contributed by atoms with Crippen molar-refractivity contribution in [2.45, 2.75) is 58.0 Å². The molecule has 0 aliphatic heterocycles. The molecule has 1 N–H and O–H groups in total. The third kappa shape index (κ3) is 3.53. The van der Waals surface area contributed by atoms with E-state index in [4.69, 9.17) is 4.98 Å². The Kier molecular flexibility index (Phi) is 3.89. The molecule has 0 bridgehead atoms. The molecule has 2 aromatic rings. The number of hydrogen-bond acceptors (Lipinski definition) is 3. The number of rotatable bonds is 4. The second-order valence-electron chi connectivity index (χ2n) is 7.11. The van der Waals surface area contributed by atoms with Gasteiger partial charge in [0.1, 0.15) is 5.01 Å². The van der Waals surface area contributed by atoms with Crippen LogP contribution in [0.3, 0.4) is 0 Å². The van der Waals surface area contributed by atoms with Gasteiger partial charge in [0.15, 0.2) is 0 Å². The molecule has 1 heterocycles. The molecule has 0 spiro atoms. The first-order chi connectivity index (χ1) is 9.93. The first kappa shape index (κ1) is 14.7. The van der Waals surface area contributed by atoms with Crippen LogP contribution in [0.25, 0.3) is 0 Å². The molecule has 1 saturated carbocycles. The molecular formula is C18H24N2S. The summed E-state index contributed by atoms with van der Waals surface area (Å²) in [6.07, 6.45) is 2.58. The number of hydrogen-bond donors (Lipinski definition) is 1. The van der Waals surface area contributed by atoms with Crippen molar-refractivity contribution >= 4 is 11.3 Å². The highest BCUT2D eigenvalue weighted by Gasteiger charge is 2.29. The van der Waals surface area contributed by atoms with Gasteiger partial charge in [0, 0.05) is 16.8 Å². The van der Waals surface area contributed by atoms with Crippen molar-refractivity contribution in [2.24, 2.45) is 0 Å². The minimum Gasteiger partial charge on any atom is -0.301 e. The topological polar surface area (TPSA) is 24.9 Å². The highest BCUT2D eigenvalue weighted by Crippen LogP contribution is 2.33. The summed E-state index contributed by atoms with van der Waals surface area (Å²) in [5.74, 6) is 0. The van der Waals surface area contributed by atoms with Gasteiger partial charge in [-0.2, -0.15) is 0 Å². The molecule has 3 rings (SSSR count). The highest BCUT2D eigenvalue weighted by molar-refractivity contribution is 7.09. The Hall–Kier alpha value is -1.19. The van der Waals surface area contributed by atoms with E-state index in [9.17, 15) is 0 Å². The number of nitrogens with zero attached hydrogens (tertiary/aromatic N) is 1. The van der Waals surface area contributed by atoms with E-state index >= 15 is 0 Å². The van der Waals surface area contributed by atoms with Crippen LogP contribution in [0.15, 0.2) is 29.6 Å². The molecule has 0 amide bonds. The molecule has 1 aromatic carbocycles. The van der Waals surface area contributed by atoms with Gasteiger partial charge in [-0.15, -0.1) is 11.3 Å². The molecule has 2 nitrogen and oxygen atoms in total. The minimum atomic E-state index is 0.117. The fraction of sp³-hybridized carbons (Fsp3) is 0.500. The largest absolute Gasteiger partial charge is 0.301 e. The SMILES string of the molecule is Cc1ccc(C(NC2CC2)c2nc(C(C)(C)C)cs2)cc1. The summed E-state index contributed by atoms with van der Waals surface area (Å²) >= 11 is 1.78. The van der Waals surface area contributed by atoms with Crippen LogP contribution in [0.2, 0.25) is 0 Å². The van der Waals surface area contributed by atoms with E-state index in [1.54, 1.807) is 11.3 Å². The Morgan fingerprint density at radius 3 is 2.38 bits per heavy atom. The molecular weight excluding hydrogens is 276 g/mol. The van der Waals surface area contributed by atoms with Crippen molar-refractivity contribution in [2.75, 3.05) is 0 Å². The Bertz CT molecular complexity index is 603. The maximum absolute atomic E-state index is 4.92. The van der Waals surface area contributed by atoms with Crippen LogP contribution in [-0.4, -0.2) is 11.0 Å². The highest BCUT2D eigenvalue weighted by atomic mass is 32.1. The van der Waals surface area contributed by atoms with E-state index in [1.807, 2.05) is 0 Å². The average Bonchev–Trinajstić information content (AvgIpc) is 3.10. The van der Waals surface area contributed by atoms with Crippen LogP contribution >= 0.6 is 11.3 Å². The van der Waals surface area contributed by atoms with Gasteiger partial charge in [-0.3, -0.25) is 0 Å². The van der Waals surface area contributed by atoms with Crippen LogP contribution in [0, 0.1) is 6.92 Å². The lowest BCUT2D eigenvalue weighted by atomic mass is 9.93. The molecule has 21 heavy (non-hydrogen) atoms. The molecule has 0 radical (unpaired) electrons. The number of aromatic nitrogens is 1. The summed E-state index contributed by atoms with van der Waals surface area (Å²) in [7, 11) is 0. The number of thiazole rings is 1. The zero-order chi connectivity index (χ0) is 15.0. The third-order valence-corrected chi connectivity index (χ3v) is 4.84. The number of benzene rings is 1. The van der Waals surface area contributed by atoms with Crippen molar-refractivity contribution < 1.29 is 0 Å². The fourth-order valence-corrected chi connectivity index (χ4v) is 3.45. The van der Waals surface area contributed by atoms with Gasteiger partial charge in [-0.05, 0) is 25.3 Å². The van der Waals surface area contributed by atoms with E-state index in [-0.39, 0.29) is 11.5 Å². The van der Waals surface area contributed by atoms with E-state index in [0.29, 0.717) is 6.04 Å². The Balaban J connectivity index is 1.91. The summed E-state index contributed by atoms with van der Waals surface area (Å²) in [6.45, 7) is 8.80. The summed E-state index contributed by atoms with van der Waals surface area (Å²) < 4.78 is 0. The van der Waals surface area contributed by atoms with Gasteiger partial charge >= 0.3 is 0 Å². The normalized spacial score (nSPS) is 17.0. The molecule has 1 aliphatic carbocycles. The fourth-order valence-electron chi connectivity index (χ4n) is 2.32. The van der Waals surface area contributed by atoms with Crippen LogP contribution in [0.5, 0.6) is 0 Å². The van der Waals surface area contributed by atoms with E-state index < -0.39 is 0 Å². The second-order valence-corrected chi connectivity index (χ2v) is 8.00. The third-order valence-electron chi connectivity index (χ3n) is 3.93. The smallest absolute Gasteiger partial charge is 0.114 e. The van der Waals surface area contributed by atoms with Gasteiger partial charge in [0.05, 0.1) is 11.7 Å². The predicted octanol–water partition coefficient (Wildman–Crippen LogP) is 4.59. The molecule has 0 saturated heterocycles. The average molecular weight is 300 g/mol. The van der Waals surface area contributed by atoms with Gasteiger partial charge in [0.25, 0.3) is 0 Å². The summed E-state index contributed by atoms with van der Waals surface area (Å²) in [4.78, 5) is 4.92. The van der Waals surface area contributed by atoms with Crippen LogP contribution in [0.4, 0.5) is 0 Å². The van der Waals surface area contributed by atoms with E-state index in [1.165, 1.54) is 34.7 Å². The van der Waals surface area contributed by atoms with Crippen molar-refractivity contribution in [3.8, 4) is 0 Å². The molecule has 3 heteroatoms. The molecule has 112 valence electrons. The van der Waals surface area contributed by atoms with Crippen LogP contribution < -0.4 is 5.32 Å². The van der Waals surface area contributed by atoms with Gasteiger partial charge in [-0.1, -0.05) is 50.6 Å². The minimum absolute atomic E-state index is 0.117. The Morgan fingerprint density at radius 2 is 1.86 bits per heavy atom. The lowest BCUT2D eigenvalue weighted by molar-refractivity contribution is 0.557. The summed E-state index contributed by atoms with van der Waals surface area (Å²) in [6, 6.07) is 9.74.